The van der Waals surface area contributed by atoms with Gasteiger partial charge in [-0.1, -0.05) is 63.4 Å². The van der Waals surface area contributed by atoms with Crippen LogP contribution in [0.25, 0.3) is 0 Å². The van der Waals surface area contributed by atoms with Gasteiger partial charge >= 0.3 is 0 Å². The molecule has 2 rings (SSSR count). The lowest BCUT2D eigenvalue weighted by Gasteiger charge is -2.40. The summed E-state index contributed by atoms with van der Waals surface area (Å²) in [5.41, 5.74) is 1.57. The van der Waals surface area contributed by atoms with Crippen molar-refractivity contribution in [2.24, 2.45) is 0 Å². The summed E-state index contributed by atoms with van der Waals surface area (Å²) in [5.74, 6) is 0.757. The highest BCUT2D eigenvalue weighted by molar-refractivity contribution is 7.58. The molecule has 1 heterocycles. The van der Waals surface area contributed by atoms with E-state index in [-0.39, 0.29) is 7.92 Å². The first kappa shape index (κ1) is 14.1. The first-order valence-electron chi connectivity index (χ1n) is 7.38. The molecule has 2 atom stereocenters. The van der Waals surface area contributed by atoms with Gasteiger partial charge < -0.3 is 0 Å². The molecule has 0 spiro atoms. The van der Waals surface area contributed by atoms with E-state index in [1.54, 1.807) is 5.56 Å². The van der Waals surface area contributed by atoms with Crippen molar-refractivity contribution in [1.82, 2.24) is 0 Å². The van der Waals surface area contributed by atoms with E-state index in [2.05, 4.69) is 50.8 Å². The van der Waals surface area contributed by atoms with E-state index < -0.39 is 0 Å². The third kappa shape index (κ3) is 3.15. The molecule has 0 nitrogen and oxygen atoms in total. The van der Waals surface area contributed by atoms with E-state index in [9.17, 15) is 0 Å². The van der Waals surface area contributed by atoms with Crippen LogP contribution in [0.2, 0.25) is 0 Å². The van der Waals surface area contributed by atoms with Crippen molar-refractivity contribution in [3.63, 3.8) is 0 Å². The standard InChI is InChI=1S/C17H27P/c1-17(2)16(15-11-7-6-8-12-15)13-9-4-5-10-14-18(17)3/h6-8,11-12,16H,4-5,9-10,13-14H2,1-3H3. The van der Waals surface area contributed by atoms with Crippen molar-refractivity contribution in [3.05, 3.63) is 35.9 Å². The second kappa shape index (κ2) is 6.20. The van der Waals surface area contributed by atoms with Gasteiger partial charge in [-0.05, 0) is 42.3 Å². The SMILES string of the molecule is CP1CCCCCCC(c2ccccc2)C1(C)C. The highest BCUT2D eigenvalue weighted by Crippen LogP contribution is 2.56. The molecule has 0 N–H and O–H groups in total. The second-order valence-corrected chi connectivity index (χ2v) is 9.24. The number of rotatable bonds is 1. The molecule has 0 aliphatic carbocycles. The third-order valence-corrected chi connectivity index (χ3v) is 8.04. The van der Waals surface area contributed by atoms with Gasteiger partial charge in [0.05, 0.1) is 0 Å². The molecule has 0 aromatic heterocycles. The summed E-state index contributed by atoms with van der Waals surface area (Å²) < 4.78 is 0. The molecule has 2 unspecified atom stereocenters. The van der Waals surface area contributed by atoms with E-state index in [0.29, 0.717) is 5.16 Å². The topological polar surface area (TPSA) is 0 Å². The summed E-state index contributed by atoms with van der Waals surface area (Å²) in [7, 11) is 0.141. The molecular formula is C17H27P. The monoisotopic (exact) mass is 262 g/mol. The van der Waals surface area contributed by atoms with Crippen molar-refractivity contribution < 1.29 is 0 Å². The molecule has 0 radical (unpaired) electrons. The van der Waals surface area contributed by atoms with Gasteiger partial charge in [0.2, 0.25) is 0 Å². The molecule has 0 amide bonds. The summed E-state index contributed by atoms with van der Waals surface area (Å²) in [6.45, 7) is 7.56. The van der Waals surface area contributed by atoms with E-state index in [4.69, 9.17) is 0 Å². The fourth-order valence-electron chi connectivity index (χ4n) is 3.22. The largest absolute Gasteiger partial charge is 0.103 e. The van der Waals surface area contributed by atoms with Crippen LogP contribution in [0.1, 0.15) is 57.4 Å². The maximum atomic E-state index is 2.52. The Morgan fingerprint density at radius 2 is 1.67 bits per heavy atom. The fraction of sp³-hybridized carbons (Fsp3) is 0.647. The molecule has 1 aromatic carbocycles. The van der Waals surface area contributed by atoms with Gasteiger partial charge in [-0.25, -0.2) is 0 Å². The van der Waals surface area contributed by atoms with Crippen LogP contribution >= 0.6 is 7.92 Å². The first-order valence-corrected chi connectivity index (χ1v) is 9.36. The quantitative estimate of drug-likeness (QED) is 0.576. The van der Waals surface area contributed by atoms with Gasteiger partial charge in [-0.15, -0.1) is 7.92 Å². The zero-order chi connectivity index (χ0) is 13.0. The van der Waals surface area contributed by atoms with Crippen molar-refractivity contribution in [1.29, 1.82) is 0 Å². The molecule has 18 heavy (non-hydrogen) atoms. The Morgan fingerprint density at radius 1 is 1.00 bits per heavy atom. The molecule has 1 aromatic rings. The minimum absolute atomic E-state index is 0.141. The summed E-state index contributed by atoms with van der Waals surface area (Å²) in [6, 6.07) is 11.2. The van der Waals surface area contributed by atoms with Gasteiger partial charge in [-0.3, -0.25) is 0 Å². The number of benzene rings is 1. The van der Waals surface area contributed by atoms with Crippen LogP contribution < -0.4 is 0 Å². The number of hydrogen-bond acceptors (Lipinski definition) is 0. The molecule has 0 bridgehead atoms. The van der Waals surface area contributed by atoms with Gasteiger partial charge in [0.1, 0.15) is 0 Å². The summed E-state index contributed by atoms with van der Waals surface area (Å²) in [6.07, 6.45) is 8.58. The minimum atomic E-state index is 0.141. The Labute approximate surface area is 114 Å². The molecule has 1 aliphatic rings. The Kier molecular flexibility index (Phi) is 4.84. The first-order chi connectivity index (χ1) is 8.62. The van der Waals surface area contributed by atoms with Crippen LogP contribution in [-0.2, 0) is 0 Å². The van der Waals surface area contributed by atoms with Crippen molar-refractivity contribution in [3.8, 4) is 0 Å². The van der Waals surface area contributed by atoms with Gasteiger partial charge in [0.25, 0.3) is 0 Å². The summed E-state index contributed by atoms with van der Waals surface area (Å²) in [5, 5.41) is 0.487. The molecular weight excluding hydrogens is 235 g/mol. The van der Waals surface area contributed by atoms with Crippen LogP contribution in [-0.4, -0.2) is 18.0 Å². The second-order valence-electron chi connectivity index (χ2n) is 6.24. The smallest absolute Gasteiger partial charge is 0.00714 e. The average molecular weight is 262 g/mol. The van der Waals surface area contributed by atoms with E-state index in [1.807, 2.05) is 0 Å². The van der Waals surface area contributed by atoms with Gasteiger partial charge in [0.15, 0.2) is 0 Å². The van der Waals surface area contributed by atoms with Crippen LogP contribution in [0.3, 0.4) is 0 Å². The normalized spacial score (nSPS) is 29.1. The number of hydrogen-bond donors (Lipinski definition) is 0. The highest BCUT2D eigenvalue weighted by atomic mass is 31.1. The lowest BCUT2D eigenvalue weighted by molar-refractivity contribution is 0.479. The summed E-state index contributed by atoms with van der Waals surface area (Å²) >= 11 is 0. The molecule has 0 saturated carbocycles. The molecule has 1 fully saturated rings. The lowest BCUT2D eigenvalue weighted by Crippen LogP contribution is -2.28. The van der Waals surface area contributed by atoms with Crippen LogP contribution in [0.4, 0.5) is 0 Å². The molecule has 1 heteroatoms. The summed E-state index contributed by atoms with van der Waals surface area (Å²) in [4.78, 5) is 0. The zero-order valence-electron chi connectivity index (χ0n) is 12.2. The van der Waals surface area contributed by atoms with Gasteiger partial charge in [-0.2, -0.15) is 0 Å². The van der Waals surface area contributed by atoms with Crippen molar-refractivity contribution in [2.45, 2.75) is 57.0 Å². The molecule has 1 aliphatic heterocycles. The maximum Gasteiger partial charge on any atom is -0.00714 e. The average Bonchev–Trinajstić information content (AvgIpc) is 2.43. The van der Waals surface area contributed by atoms with E-state index in [0.717, 1.165) is 5.92 Å². The Bertz CT molecular complexity index is 355. The van der Waals surface area contributed by atoms with Crippen LogP contribution in [0.5, 0.6) is 0 Å². The highest BCUT2D eigenvalue weighted by Gasteiger charge is 2.35. The Hall–Kier alpha value is -0.350. The lowest BCUT2D eigenvalue weighted by atomic mass is 9.83. The third-order valence-electron chi connectivity index (χ3n) is 4.77. The maximum absolute atomic E-state index is 2.52. The van der Waals surface area contributed by atoms with Crippen LogP contribution in [0.15, 0.2) is 30.3 Å². The Balaban J connectivity index is 2.27. The zero-order valence-corrected chi connectivity index (χ0v) is 13.0. The van der Waals surface area contributed by atoms with Gasteiger partial charge in [0, 0.05) is 0 Å². The van der Waals surface area contributed by atoms with Crippen molar-refractivity contribution >= 4 is 7.92 Å². The molecule has 1 saturated heterocycles. The van der Waals surface area contributed by atoms with Crippen molar-refractivity contribution in [2.75, 3.05) is 12.8 Å². The van der Waals surface area contributed by atoms with E-state index >= 15 is 0 Å². The Morgan fingerprint density at radius 3 is 2.39 bits per heavy atom. The minimum Gasteiger partial charge on any atom is -0.103 e. The predicted molar refractivity (Wildman–Crippen MR) is 84.1 cm³/mol. The fourth-order valence-corrected chi connectivity index (χ4v) is 5.30. The van der Waals surface area contributed by atoms with E-state index in [1.165, 1.54) is 38.3 Å². The van der Waals surface area contributed by atoms with Crippen LogP contribution in [0, 0.1) is 0 Å². The predicted octanol–water partition coefficient (Wildman–Crippen LogP) is 5.62. The molecule has 100 valence electrons.